The molecular weight excluding hydrogens is 412 g/mol. The summed E-state index contributed by atoms with van der Waals surface area (Å²) in [5.41, 5.74) is 1.95. The first-order valence-electron chi connectivity index (χ1n) is 7.87. The molecule has 0 amide bonds. The van der Waals surface area contributed by atoms with Crippen molar-refractivity contribution in [2.45, 2.75) is 0 Å². The van der Waals surface area contributed by atoms with Gasteiger partial charge in [-0.25, -0.2) is 4.79 Å². The van der Waals surface area contributed by atoms with E-state index in [9.17, 15) is 14.9 Å². The highest BCUT2D eigenvalue weighted by molar-refractivity contribution is 9.10. The van der Waals surface area contributed by atoms with Gasteiger partial charge in [0.2, 0.25) is 0 Å². The molecule has 0 aliphatic rings. The molecule has 0 heterocycles. The normalized spacial score (nSPS) is 10.7. The first kappa shape index (κ1) is 18.5. The van der Waals surface area contributed by atoms with Gasteiger partial charge in [0.1, 0.15) is 5.75 Å². The Labute approximate surface area is 163 Å². The number of non-ortho nitro benzene ring substituents is 1. The average molecular weight is 425 g/mol. The zero-order valence-corrected chi connectivity index (χ0v) is 15.5. The summed E-state index contributed by atoms with van der Waals surface area (Å²) in [5, 5.41) is 10.6. The van der Waals surface area contributed by atoms with Crippen molar-refractivity contribution < 1.29 is 14.5 Å². The van der Waals surface area contributed by atoms with E-state index in [1.165, 1.54) is 24.3 Å². The number of hydrogen-bond acceptors (Lipinski definition) is 5. The molecule has 7 heteroatoms. The lowest BCUT2D eigenvalue weighted by Crippen LogP contribution is -2.08. The molecule has 0 saturated carbocycles. The molecule has 0 unspecified atom stereocenters. The molecule has 0 spiro atoms. The fourth-order valence-electron chi connectivity index (χ4n) is 2.18. The van der Waals surface area contributed by atoms with Crippen LogP contribution in [0, 0.1) is 10.1 Å². The summed E-state index contributed by atoms with van der Waals surface area (Å²) < 4.78 is 6.21. The summed E-state index contributed by atoms with van der Waals surface area (Å²) in [6.45, 7) is 0. The van der Waals surface area contributed by atoms with Gasteiger partial charge in [0, 0.05) is 22.8 Å². The first-order chi connectivity index (χ1) is 13.0. The molecule has 0 saturated heterocycles. The number of esters is 1. The Kier molecular flexibility index (Phi) is 5.73. The molecule has 27 heavy (non-hydrogen) atoms. The van der Waals surface area contributed by atoms with Gasteiger partial charge in [0.05, 0.1) is 16.2 Å². The topological polar surface area (TPSA) is 81.8 Å². The van der Waals surface area contributed by atoms with Crippen LogP contribution in [0.25, 0.3) is 0 Å². The SMILES string of the molecule is O=C(Oc1ccc([N+](=O)[O-])cc1)c1ccc(N=Cc2ccc(Br)cc2)cc1. The summed E-state index contributed by atoms with van der Waals surface area (Å²) in [5.74, 6) is -0.310. The molecule has 3 rings (SSSR count). The van der Waals surface area contributed by atoms with Crippen LogP contribution < -0.4 is 4.74 Å². The fourth-order valence-corrected chi connectivity index (χ4v) is 2.45. The summed E-state index contributed by atoms with van der Waals surface area (Å²) in [7, 11) is 0. The molecule has 0 N–H and O–H groups in total. The second-order valence-electron chi connectivity index (χ2n) is 5.50. The Balaban J connectivity index is 1.64. The number of benzene rings is 3. The Morgan fingerprint density at radius 3 is 2.19 bits per heavy atom. The molecule has 0 atom stereocenters. The standard InChI is InChI=1S/C20H13BrN2O4/c21-16-5-1-14(2-6-16)13-22-17-7-3-15(4-8-17)20(24)27-19-11-9-18(10-12-19)23(25)26/h1-13H. The zero-order chi connectivity index (χ0) is 19.2. The van der Waals surface area contributed by atoms with Crippen LogP contribution in [0.4, 0.5) is 11.4 Å². The van der Waals surface area contributed by atoms with Crippen molar-refractivity contribution in [1.29, 1.82) is 0 Å². The number of nitrogens with zero attached hydrogens (tertiary/aromatic N) is 2. The van der Waals surface area contributed by atoms with E-state index in [0.29, 0.717) is 11.3 Å². The van der Waals surface area contributed by atoms with Crippen LogP contribution in [0.5, 0.6) is 5.75 Å². The van der Waals surface area contributed by atoms with Crippen LogP contribution in [0.1, 0.15) is 15.9 Å². The van der Waals surface area contributed by atoms with Gasteiger partial charge in [-0.3, -0.25) is 15.1 Å². The van der Waals surface area contributed by atoms with Gasteiger partial charge in [-0.05, 0) is 54.1 Å². The molecule has 0 aromatic heterocycles. The smallest absolute Gasteiger partial charge is 0.343 e. The highest BCUT2D eigenvalue weighted by Crippen LogP contribution is 2.20. The van der Waals surface area contributed by atoms with Crippen molar-refractivity contribution in [2.24, 2.45) is 4.99 Å². The lowest BCUT2D eigenvalue weighted by molar-refractivity contribution is -0.384. The Hall–Kier alpha value is -3.32. The zero-order valence-electron chi connectivity index (χ0n) is 13.9. The maximum Gasteiger partial charge on any atom is 0.343 e. The van der Waals surface area contributed by atoms with Crippen molar-refractivity contribution in [3.05, 3.63) is 98.5 Å². The predicted octanol–water partition coefficient (Wildman–Crippen LogP) is 5.33. The highest BCUT2D eigenvalue weighted by Gasteiger charge is 2.10. The Bertz CT molecular complexity index is 982. The molecule has 134 valence electrons. The highest BCUT2D eigenvalue weighted by atomic mass is 79.9. The number of nitro benzene ring substituents is 1. The quantitative estimate of drug-likeness (QED) is 0.182. The van der Waals surface area contributed by atoms with E-state index in [4.69, 9.17) is 4.74 Å². The van der Waals surface area contributed by atoms with E-state index in [0.717, 1.165) is 10.0 Å². The molecule has 0 radical (unpaired) electrons. The second kappa shape index (κ2) is 8.37. The van der Waals surface area contributed by atoms with Crippen LogP contribution in [0.2, 0.25) is 0 Å². The third-order valence-corrected chi connectivity index (χ3v) is 4.12. The number of rotatable bonds is 5. The third kappa shape index (κ3) is 5.08. The van der Waals surface area contributed by atoms with E-state index in [1.54, 1.807) is 30.5 Å². The van der Waals surface area contributed by atoms with Gasteiger partial charge in [0.15, 0.2) is 0 Å². The predicted molar refractivity (Wildman–Crippen MR) is 106 cm³/mol. The molecule has 0 fully saturated rings. The fraction of sp³-hybridized carbons (Fsp3) is 0. The minimum absolute atomic E-state index is 0.0669. The van der Waals surface area contributed by atoms with E-state index in [2.05, 4.69) is 20.9 Å². The summed E-state index contributed by atoms with van der Waals surface area (Å²) in [6, 6.07) is 19.7. The largest absolute Gasteiger partial charge is 0.423 e. The molecular formula is C20H13BrN2O4. The van der Waals surface area contributed by atoms with Gasteiger partial charge in [-0.15, -0.1) is 0 Å². The van der Waals surface area contributed by atoms with E-state index >= 15 is 0 Å². The van der Waals surface area contributed by atoms with Crippen LogP contribution in [-0.4, -0.2) is 17.1 Å². The van der Waals surface area contributed by atoms with Crippen LogP contribution >= 0.6 is 15.9 Å². The molecule has 6 nitrogen and oxygen atoms in total. The van der Waals surface area contributed by atoms with Crippen molar-refractivity contribution in [1.82, 2.24) is 0 Å². The van der Waals surface area contributed by atoms with Gasteiger partial charge in [0.25, 0.3) is 5.69 Å². The number of aliphatic imine (C=N–C) groups is 1. The molecule has 0 bridgehead atoms. The van der Waals surface area contributed by atoms with Gasteiger partial charge < -0.3 is 4.74 Å². The van der Waals surface area contributed by atoms with Crippen molar-refractivity contribution in [2.75, 3.05) is 0 Å². The number of carbonyl (C=O) groups is 1. The van der Waals surface area contributed by atoms with Crippen LogP contribution in [0.15, 0.2) is 82.3 Å². The monoisotopic (exact) mass is 424 g/mol. The summed E-state index contributed by atoms with van der Waals surface area (Å²) in [4.78, 5) is 26.6. The lowest BCUT2D eigenvalue weighted by atomic mass is 10.2. The number of nitro groups is 1. The number of halogens is 1. The summed E-state index contributed by atoms with van der Waals surface area (Å²) in [6.07, 6.45) is 1.73. The van der Waals surface area contributed by atoms with E-state index in [1.807, 2.05) is 24.3 Å². The van der Waals surface area contributed by atoms with Crippen molar-refractivity contribution in [3.8, 4) is 5.75 Å². The minimum atomic E-state index is -0.549. The van der Waals surface area contributed by atoms with Crippen molar-refractivity contribution in [3.63, 3.8) is 0 Å². The molecule has 3 aromatic rings. The van der Waals surface area contributed by atoms with Gasteiger partial charge in [-0.1, -0.05) is 28.1 Å². The first-order valence-corrected chi connectivity index (χ1v) is 8.67. The third-order valence-electron chi connectivity index (χ3n) is 3.59. The van der Waals surface area contributed by atoms with Crippen LogP contribution in [-0.2, 0) is 0 Å². The maximum atomic E-state index is 12.2. The maximum absolute atomic E-state index is 12.2. The summed E-state index contributed by atoms with van der Waals surface area (Å²) >= 11 is 3.38. The molecule has 0 aliphatic carbocycles. The Morgan fingerprint density at radius 1 is 0.963 bits per heavy atom. The van der Waals surface area contributed by atoms with Crippen LogP contribution in [0.3, 0.4) is 0 Å². The van der Waals surface area contributed by atoms with Crippen molar-refractivity contribution >= 4 is 39.5 Å². The number of hydrogen-bond donors (Lipinski definition) is 0. The number of ether oxygens (including phenoxy) is 1. The van der Waals surface area contributed by atoms with E-state index < -0.39 is 10.9 Å². The van der Waals surface area contributed by atoms with Gasteiger partial charge in [-0.2, -0.15) is 0 Å². The minimum Gasteiger partial charge on any atom is -0.423 e. The van der Waals surface area contributed by atoms with Gasteiger partial charge >= 0.3 is 5.97 Å². The second-order valence-corrected chi connectivity index (χ2v) is 6.41. The molecule has 3 aromatic carbocycles. The van der Waals surface area contributed by atoms with E-state index in [-0.39, 0.29) is 11.4 Å². The Morgan fingerprint density at radius 2 is 1.59 bits per heavy atom. The molecule has 0 aliphatic heterocycles. The number of carbonyl (C=O) groups excluding carboxylic acids is 1. The average Bonchev–Trinajstić information content (AvgIpc) is 2.68. The lowest BCUT2D eigenvalue weighted by Gasteiger charge is -2.04.